The molecule has 0 saturated carbocycles. The zero-order valence-electron chi connectivity index (χ0n) is 22.4. The molecule has 0 bridgehead atoms. The molecule has 3 radical (unpaired) electrons. The molecule has 0 fully saturated rings. The fourth-order valence-corrected chi connectivity index (χ4v) is 6.68. The van der Waals surface area contributed by atoms with Gasteiger partial charge in [0.25, 0.3) is 0 Å². The first-order valence-corrected chi connectivity index (χ1v) is 14.0. The van der Waals surface area contributed by atoms with E-state index in [1.807, 2.05) is 54.6 Å². The average Bonchev–Trinajstić information content (AvgIpc) is 3.42. The van der Waals surface area contributed by atoms with Crippen LogP contribution >= 0.6 is 0 Å². The minimum Gasteiger partial charge on any atom is -0.508 e. The Bertz CT molecular complexity index is 1800. The molecule has 0 unspecified atom stereocenters. The molecule has 1 aromatic heterocycles. The van der Waals surface area contributed by atoms with Crippen molar-refractivity contribution in [2.24, 2.45) is 0 Å². The van der Waals surface area contributed by atoms with E-state index in [0.29, 0.717) is 17.8 Å². The van der Waals surface area contributed by atoms with Gasteiger partial charge < -0.3 is 18.9 Å². The summed E-state index contributed by atoms with van der Waals surface area (Å²) < 4.78 is 48.3. The van der Waals surface area contributed by atoms with Crippen LogP contribution in [0.2, 0.25) is 0 Å². The third kappa shape index (κ3) is 4.28. The molecule has 0 atom stereocenters. The summed E-state index contributed by atoms with van der Waals surface area (Å²) in [6.45, 7) is 0. The maximum absolute atomic E-state index is 15.7. The maximum Gasteiger partial charge on any atom is 0.326 e. The van der Waals surface area contributed by atoms with Gasteiger partial charge in [-0.05, 0) is 67.3 Å². The van der Waals surface area contributed by atoms with Gasteiger partial charge in [-0.3, -0.25) is 0 Å². The minimum absolute atomic E-state index is 0.157. The van der Waals surface area contributed by atoms with Crippen molar-refractivity contribution in [3.05, 3.63) is 129 Å². The lowest BCUT2D eigenvalue weighted by atomic mass is 9.60. The Morgan fingerprint density at radius 3 is 2.15 bits per heavy atom. The van der Waals surface area contributed by atoms with Crippen LogP contribution in [0.1, 0.15) is 52.8 Å². The predicted molar refractivity (Wildman–Crippen MR) is 157 cm³/mol. The van der Waals surface area contributed by atoms with Crippen molar-refractivity contribution in [1.82, 2.24) is 4.98 Å². The smallest absolute Gasteiger partial charge is 0.326 e. The van der Waals surface area contributed by atoms with Gasteiger partial charge in [-0.1, -0.05) is 50.2 Å². The van der Waals surface area contributed by atoms with Crippen LogP contribution in [0.3, 0.4) is 0 Å². The van der Waals surface area contributed by atoms with E-state index in [2.05, 4.69) is 11.1 Å². The van der Waals surface area contributed by atoms with Gasteiger partial charge in [0, 0.05) is 40.6 Å². The summed E-state index contributed by atoms with van der Waals surface area (Å²) in [5, 5.41) is 9.95. The Kier molecular flexibility index (Phi) is 6.29. The van der Waals surface area contributed by atoms with Crippen molar-refractivity contribution in [1.29, 1.82) is 0 Å². The van der Waals surface area contributed by atoms with Crippen LogP contribution in [0.5, 0.6) is 5.75 Å². The standard InChI is InChI=1S/C33H25B2F3N2O/c34-35(38)40-29(16-22-12-6-10-20-8-2-4-14-25(20)33(22)40)31(30-26(36)17-23(41)18-27(30)37)28-15-21-11-5-9-19-7-1-3-13-24(19)32(21)39-28/h1-4,7-8,13-18,39H,5-6,9-12H2/q-1/p+1/b31-29+. The molecule has 3 nitrogen and oxygen atoms in total. The van der Waals surface area contributed by atoms with E-state index in [9.17, 15) is 5.11 Å². The number of nitrogens with one attached hydrogen (secondary N) is 1. The van der Waals surface area contributed by atoms with Gasteiger partial charge in [0.1, 0.15) is 17.4 Å². The summed E-state index contributed by atoms with van der Waals surface area (Å²) in [7, 11) is 4.05. The summed E-state index contributed by atoms with van der Waals surface area (Å²) in [6.07, 6.45) is 6.80. The summed E-state index contributed by atoms with van der Waals surface area (Å²) >= 11 is 0. The van der Waals surface area contributed by atoms with Crippen LogP contribution in [0, 0.1) is 11.6 Å². The molecule has 3 aliphatic rings. The first-order chi connectivity index (χ1) is 19.9. The molecular weight excluding hydrogens is 519 g/mol. The Morgan fingerprint density at radius 1 is 0.829 bits per heavy atom. The highest BCUT2D eigenvalue weighted by atomic mass is 19.1. The molecule has 2 heterocycles. The van der Waals surface area contributed by atoms with Crippen molar-refractivity contribution in [3.8, 4) is 17.0 Å². The fourth-order valence-electron chi connectivity index (χ4n) is 6.68. The number of H-pyrrole nitrogens is 1. The van der Waals surface area contributed by atoms with Crippen molar-refractivity contribution in [3.63, 3.8) is 0 Å². The number of nitrogens with zero attached hydrogens (tertiary/aromatic N) is 1. The van der Waals surface area contributed by atoms with Crippen molar-refractivity contribution >= 4 is 26.0 Å². The van der Waals surface area contributed by atoms with E-state index in [4.69, 9.17) is 7.74 Å². The van der Waals surface area contributed by atoms with Crippen LogP contribution in [-0.4, -0.2) is 35.0 Å². The third-order valence-electron chi connectivity index (χ3n) is 8.41. The van der Waals surface area contributed by atoms with Crippen molar-refractivity contribution in [2.75, 3.05) is 0 Å². The fraction of sp³-hybridized carbons (Fsp3) is 0.182. The van der Waals surface area contributed by atoms with E-state index >= 15 is 13.1 Å². The lowest BCUT2D eigenvalue weighted by molar-refractivity contribution is -0.322. The molecule has 0 amide bonds. The molecule has 201 valence electrons. The molecule has 2 aliphatic carbocycles. The molecular formula is C33H26B2F3N2O. The number of aromatic hydroxyl groups is 1. The van der Waals surface area contributed by atoms with Gasteiger partial charge in [-0.2, -0.15) is 0 Å². The molecule has 7 rings (SSSR count). The topological polar surface area (TPSA) is 39.0 Å². The van der Waals surface area contributed by atoms with Crippen LogP contribution in [-0.2, 0) is 19.3 Å². The zero-order valence-corrected chi connectivity index (χ0v) is 22.4. The Labute approximate surface area is 238 Å². The molecule has 0 saturated heterocycles. The normalized spacial score (nSPS) is 17.3. The molecule has 3 aromatic carbocycles. The van der Waals surface area contributed by atoms with E-state index in [1.165, 1.54) is 10.0 Å². The Hall–Kier alpha value is -4.19. The summed E-state index contributed by atoms with van der Waals surface area (Å²) in [4.78, 5) is 3.46. The third-order valence-corrected chi connectivity index (χ3v) is 8.41. The van der Waals surface area contributed by atoms with Crippen LogP contribution < -0.4 is 0 Å². The van der Waals surface area contributed by atoms with Crippen LogP contribution in [0.25, 0.3) is 16.8 Å². The first-order valence-electron chi connectivity index (χ1n) is 14.0. The first kappa shape index (κ1) is 25.8. The largest absolute Gasteiger partial charge is 0.508 e. The maximum atomic E-state index is 15.7. The van der Waals surface area contributed by atoms with Gasteiger partial charge >= 0.3 is 7.02 Å². The second kappa shape index (κ2) is 10.0. The average molecular weight is 545 g/mol. The van der Waals surface area contributed by atoms with E-state index in [-0.39, 0.29) is 16.8 Å². The SMILES string of the molecule is [B][B-](F)[N+]1=C2C(=C/C1=C(/c1cc3c([nH]1)-c1ccccc1CCC3)c1c(F)cc(O)cc1F)CCCc1ccccc12. The highest BCUT2D eigenvalue weighted by Gasteiger charge is 2.36. The minimum atomic E-state index is -1.97. The number of phenols is 1. The summed E-state index contributed by atoms with van der Waals surface area (Å²) in [5.74, 6) is -2.42. The lowest BCUT2D eigenvalue weighted by Crippen LogP contribution is -2.31. The predicted octanol–water partition coefficient (Wildman–Crippen LogP) is 6.81. The van der Waals surface area contributed by atoms with E-state index in [1.54, 1.807) is 0 Å². The molecule has 41 heavy (non-hydrogen) atoms. The van der Waals surface area contributed by atoms with Crippen molar-refractivity contribution in [2.45, 2.75) is 38.5 Å². The van der Waals surface area contributed by atoms with Gasteiger partial charge in [-0.15, -0.1) is 0 Å². The molecule has 8 heteroatoms. The number of allylic oxidation sites excluding steroid dienone is 2. The van der Waals surface area contributed by atoms with Gasteiger partial charge in [0.15, 0.2) is 11.4 Å². The van der Waals surface area contributed by atoms with E-state index in [0.717, 1.165) is 77.8 Å². The number of phenolic OH excluding ortho intramolecular Hbond substituents is 1. The van der Waals surface area contributed by atoms with Crippen LogP contribution in [0.4, 0.5) is 13.1 Å². The Morgan fingerprint density at radius 2 is 1.44 bits per heavy atom. The molecule has 0 spiro atoms. The molecule has 2 N–H and O–H groups in total. The summed E-state index contributed by atoms with van der Waals surface area (Å²) in [5.41, 5.74) is 8.11. The highest BCUT2D eigenvalue weighted by Crippen LogP contribution is 2.41. The van der Waals surface area contributed by atoms with Crippen LogP contribution in [0.15, 0.2) is 84.1 Å². The number of aromatic nitrogens is 1. The number of aryl methyl sites for hydroxylation is 3. The number of hydrogen-bond donors (Lipinski definition) is 2. The van der Waals surface area contributed by atoms with Gasteiger partial charge in [0.2, 0.25) is 0 Å². The second-order valence-electron chi connectivity index (χ2n) is 10.9. The van der Waals surface area contributed by atoms with Gasteiger partial charge in [0.05, 0.1) is 16.8 Å². The highest BCUT2D eigenvalue weighted by molar-refractivity contribution is 6.94. The Balaban J connectivity index is 1.56. The number of hydrogen-bond acceptors (Lipinski definition) is 1. The van der Waals surface area contributed by atoms with Gasteiger partial charge in [-0.25, -0.2) is 8.78 Å². The zero-order chi connectivity index (χ0) is 28.2. The van der Waals surface area contributed by atoms with E-state index < -0.39 is 24.4 Å². The monoisotopic (exact) mass is 545 g/mol. The lowest BCUT2D eigenvalue weighted by Gasteiger charge is -2.20. The number of halogens is 3. The number of rotatable bonds is 3. The number of benzene rings is 3. The number of aromatic amines is 1. The number of fused-ring (bicyclic) bond motifs is 6. The summed E-state index contributed by atoms with van der Waals surface area (Å²) in [6, 6.07) is 19.6. The second-order valence-corrected chi connectivity index (χ2v) is 10.9. The van der Waals surface area contributed by atoms with Crippen molar-refractivity contribution < 1.29 is 22.7 Å². The molecule has 4 aromatic rings. The quantitative estimate of drug-likeness (QED) is 0.273. The molecule has 1 aliphatic heterocycles.